The van der Waals surface area contributed by atoms with Crippen molar-refractivity contribution in [3.63, 3.8) is 0 Å². The zero-order chi connectivity index (χ0) is 11.6. The van der Waals surface area contributed by atoms with Gasteiger partial charge in [-0.2, -0.15) is 5.26 Å². The third-order valence-corrected chi connectivity index (χ3v) is 1.88. The van der Waals surface area contributed by atoms with E-state index in [1.54, 1.807) is 6.07 Å². The minimum Gasteiger partial charge on any atom is -0.506 e. The maximum absolute atomic E-state index is 12.4. The first kappa shape index (κ1) is 11.1. The van der Waals surface area contributed by atoms with Crippen LogP contribution in [0.3, 0.4) is 0 Å². The van der Waals surface area contributed by atoms with Crippen molar-refractivity contribution in [2.45, 2.75) is 13.3 Å². The van der Waals surface area contributed by atoms with Gasteiger partial charge >= 0.3 is 0 Å². The Bertz CT molecular complexity index is 449. The Labute approximate surface area is 84.6 Å². The number of phenols is 1. The van der Waals surface area contributed by atoms with Crippen molar-refractivity contribution < 1.29 is 18.7 Å². The molecule has 0 fully saturated rings. The van der Waals surface area contributed by atoms with Gasteiger partial charge in [0.25, 0.3) is 6.43 Å². The molecule has 0 aliphatic rings. The molecule has 0 atom stereocenters. The number of rotatable bonds is 2. The van der Waals surface area contributed by atoms with Gasteiger partial charge in [-0.3, -0.25) is 4.79 Å². The molecule has 1 rings (SSSR count). The second-order valence-electron chi connectivity index (χ2n) is 2.93. The molecule has 15 heavy (non-hydrogen) atoms. The van der Waals surface area contributed by atoms with Crippen LogP contribution in [0.2, 0.25) is 0 Å². The monoisotopic (exact) mass is 211 g/mol. The molecule has 0 spiro atoms. The van der Waals surface area contributed by atoms with Gasteiger partial charge in [0.15, 0.2) is 5.78 Å². The summed E-state index contributed by atoms with van der Waals surface area (Å²) in [6.45, 7) is 1.13. The molecule has 1 aromatic carbocycles. The predicted molar refractivity (Wildman–Crippen MR) is 47.8 cm³/mol. The number of ketones is 1. The van der Waals surface area contributed by atoms with Crippen LogP contribution in [0.1, 0.15) is 34.8 Å². The molecule has 0 saturated carbocycles. The molecule has 0 aliphatic carbocycles. The molecule has 0 aliphatic heterocycles. The number of alkyl halides is 2. The molecule has 0 radical (unpaired) electrons. The Morgan fingerprint density at radius 3 is 2.53 bits per heavy atom. The fourth-order valence-electron chi connectivity index (χ4n) is 1.14. The summed E-state index contributed by atoms with van der Waals surface area (Å²) < 4.78 is 24.7. The van der Waals surface area contributed by atoms with E-state index < -0.39 is 23.5 Å². The lowest BCUT2D eigenvalue weighted by Gasteiger charge is -2.06. The van der Waals surface area contributed by atoms with E-state index in [0.29, 0.717) is 0 Å². The molecule has 0 saturated heterocycles. The van der Waals surface area contributed by atoms with Crippen molar-refractivity contribution in [2.24, 2.45) is 0 Å². The summed E-state index contributed by atoms with van der Waals surface area (Å²) in [6, 6.07) is 3.31. The predicted octanol–water partition coefficient (Wildman–Crippen LogP) is 2.40. The summed E-state index contributed by atoms with van der Waals surface area (Å²) >= 11 is 0. The van der Waals surface area contributed by atoms with Crippen molar-refractivity contribution in [2.75, 3.05) is 0 Å². The van der Waals surface area contributed by atoms with Gasteiger partial charge in [0, 0.05) is 5.56 Å². The number of Topliss-reactive ketones (excluding diaryl/α,β-unsaturated/α-hetero) is 1. The van der Waals surface area contributed by atoms with Crippen LogP contribution in [0.15, 0.2) is 12.1 Å². The molecular formula is C10H7F2NO2. The number of carbonyl (C=O) groups is 1. The van der Waals surface area contributed by atoms with Gasteiger partial charge < -0.3 is 5.11 Å². The summed E-state index contributed by atoms with van der Waals surface area (Å²) in [4.78, 5) is 11.0. The highest BCUT2D eigenvalue weighted by Crippen LogP contribution is 2.29. The number of hydrogen-bond donors (Lipinski definition) is 1. The first-order valence-electron chi connectivity index (χ1n) is 4.03. The van der Waals surface area contributed by atoms with Crippen LogP contribution in [0.25, 0.3) is 0 Å². The van der Waals surface area contributed by atoms with Gasteiger partial charge in [-0.1, -0.05) is 0 Å². The van der Waals surface area contributed by atoms with Gasteiger partial charge in [-0.25, -0.2) is 8.78 Å². The Morgan fingerprint density at radius 2 is 2.13 bits per heavy atom. The number of phenolic OH excluding ortho intramolecular Hbond substituents is 1. The quantitative estimate of drug-likeness (QED) is 0.764. The van der Waals surface area contributed by atoms with Crippen LogP contribution in [-0.2, 0) is 0 Å². The SMILES string of the molecule is CC(=O)c1cc(C(F)F)cc(C#N)c1O. The van der Waals surface area contributed by atoms with E-state index in [-0.39, 0.29) is 11.1 Å². The summed E-state index contributed by atoms with van der Waals surface area (Å²) in [6.07, 6.45) is -2.78. The summed E-state index contributed by atoms with van der Waals surface area (Å²) in [5.41, 5.74) is -1.03. The Hall–Kier alpha value is -1.96. The van der Waals surface area contributed by atoms with E-state index in [9.17, 15) is 18.7 Å². The number of nitrogens with zero attached hydrogens (tertiary/aromatic N) is 1. The van der Waals surface area contributed by atoms with Gasteiger partial charge in [-0.05, 0) is 19.1 Å². The van der Waals surface area contributed by atoms with Crippen molar-refractivity contribution in [3.05, 3.63) is 28.8 Å². The molecule has 0 bridgehead atoms. The molecule has 1 N–H and O–H groups in total. The second-order valence-corrected chi connectivity index (χ2v) is 2.93. The molecule has 5 heteroatoms. The molecule has 78 valence electrons. The fraction of sp³-hybridized carbons (Fsp3) is 0.200. The van der Waals surface area contributed by atoms with Crippen molar-refractivity contribution in [1.82, 2.24) is 0 Å². The molecular weight excluding hydrogens is 204 g/mol. The molecule has 0 heterocycles. The summed E-state index contributed by atoms with van der Waals surface area (Å²) in [5, 5.41) is 17.9. The molecule has 1 aromatic rings. The van der Waals surface area contributed by atoms with Crippen molar-refractivity contribution >= 4 is 5.78 Å². The number of nitriles is 1. The first-order valence-corrected chi connectivity index (χ1v) is 4.03. The van der Waals surface area contributed by atoms with E-state index in [1.165, 1.54) is 0 Å². The smallest absolute Gasteiger partial charge is 0.263 e. The molecule has 0 unspecified atom stereocenters. The van der Waals surface area contributed by atoms with E-state index in [4.69, 9.17) is 5.26 Å². The normalized spacial score (nSPS) is 10.1. The minimum atomic E-state index is -2.78. The Balaban J connectivity index is 3.47. The van der Waals surface area contributed by atoms with Gasteiger partial charge in [0.2, 0.25) is 0 Å². The zero-order valence-electron chi connectivity index (χ0n) is 7.79. The average molecular weight is 211 g/mol. The standard InChI is InChI=1S/C10H7F2NO2/c1-5(14)8-3-6(10(11)12)2-7(4-13)9(8)15/h2-3,10,15H,1H3. The third-order valence-electron chi connectivity index (χ3n) is 1.88. The van der Waals surface area contributed by atoms with Crippen LogP contribution < -0.4 is 0 Å². The van der Waals surface area contributed by atoms with Crippen LogP contribution in [0.4, 0.5) is 8.78 Å². The lowest BCUT2D eigenvalue weighted by Crippen LogP contribution is -1.98. The summed E-state index contributed by atoms with van der Waals surface area (Å²) in [5.74, 6) is -1.11. The van der Waals surface area contributed by atoms with Gasteiger partial charge in [0.05, 0.1) is 11.1 Å². The van der Waals surface area contributed by atoms with Crippen LogP contribution >= 0.6 is 0 Å². The zero-order valence-corrected chi connectivity index (χ0v) is 7.79. The van der Waals surface area contributed by atoms with Crippen LogP contribution in [0, 0.1) is 11.3 Å². The lowest BCUT2D eigenvalue weighted by atomic mass is 10.0. The largest absolute Gasteiger partial charge is 0.506 e. The second kappa shape index (κ2) is 4.05. The maximum Gasteiger partial charge on any atom is 0.263 e. The summed E-state index contributed by atoms with van der Waals surface area (Å²) in [7, 11) is 0. The maximum atomic E-state index is 12.4. The number of halogens is 2. The minimum absolute atomic E-state index is 0.260. The van der Waals surface area contributed by atoms with Crippen molar-refractivity contribution in [1.29, 1.82) is 5.26 Å². The topological polar surface area (TPSA) is 61.1 Å². The highest BCUT2D eigenvalue weighted by Gasteiger charge is 2.17. The number of aromatic hydroxyl groups is 1. The van der Waals surface area contributed by atoms with E-state index >= 15 is 0 Å². The van der Waals surface area contributed by atoms with E-state index in [0.717, 1.165) is 19.1 Å². The Kier molecular flexibility index (Phi) is 3.00. The number of hydrogen-bond acceptors (Lipinski definition) is 3. The number of carbonyl (C=O) groups excluding carboxylic acids is 1. The fourth-order valence-corrected chi connectivity index (χ4v) is 1.14. The Morgan fingerprint density at radius 1 is 1.53 bits per heavy atom. The van der Waals surface area contributed by atoms with Crippen LogP contribution in [0.5, 0.6) is 5.75 Å². The average Bonchev–Trinajstić information content (AvgIpc) is 2.17. The third kappa shape index (κ3) is 2.10. The number of benzene rings is 1. The first-order chi connectivity index (χ1) is 6.97. The van der Waals surface area contributed by atoms with Crippen LogP contribution in [-0.4, -0.2) is 10.9 Å². The molecule has 0 amide bonds. The molecule has 0 aromatic heterocycles. The van der Waals surface area contributed by atoms with E-state index in [2.05, 4.69) is 0 Å². The van der Waals surface area contributed by atoms with Gasteiger partial charge in [0.1, 0.15) is 11.8 Å². The van der Waals surface area contributed by atoms with E-state index in [1.807, 2.05) is 0 Å². The molecule has 3 nitrogen and oxygen atoms in total. The highest BCUT2D eigenvalue weighted by atomic mass is 19.3. The highest BCUT2D eigenvalue weighted by molar-refractivity contribution is 5.97. The lowest BCUT2D eigenvalue weighted by molar-refractivity contribution is 0.101. The van der Waals surface area contributed by atoms with Gasteiger partial charge in [-0.15, -0.1) is 0 Å². The van der Waals surface area contributed by atoms with Crippen molar-refractivity contribution in [3.8, 4) is 11.8 Å².